The lowest BCUT2D eigenvalue weighted by Crippen LogP contribution is -2.42. The first-order chi connectivity index (χ1) is 11.7. The average Bonchev–Trinajstić information content (AvgIpc) is 3.50. The molecule has 1 N–H and O–H groups in total. The lowest BCUT2D eigenvalue weighted by atomic mass is 9.98. The minimum absolute atomic E-state index is 0. The molecule has 0 amide bonds. The summed E-state index contributed by atoms with van der Waals surface area (Å²) in [6.45, 7) is 3.37. The van der Waals surface area contributed by atoms with E-state index in [4.69, 9.17) is 0 Å². The summed E-state index contributed by atoms with van der Waals surface area (Å²) in [7, 11) is 3.92. The molecule has 2 aliphatic carbocycles. The van der Waals surface area contributed by atoms with E-state index in [0.717, 1.165) is 55.7 Å². The number of aromatic nitrogens is 2. The van der Waals surface area contributed by atoms with E-state index in [0.29, 0.717) is 0 Å². The third kappa shape index (κ3) is 4.89. The van der Waals surface area contributed by atoms with Gasteiger partial charge in [0.2, 0.25) is 0 Å². The van der Waals surface area contributed by atoms with Gasteiger partial charge in [-0.15, -0.1) is 24.0 Å². The van der Waals surface area contributed by atoms with Crippen molar-refractivity contribution < 1.29 is 0 Å². The summed E-state index contributed by atoms with van der Waals surface area (Å²) in [5, 5.41) is 7.99. The van der Waals surface area contributed by atoms with Crippen LogP contribution in [0.2, 0.25) is 0 Å². The second kappa shape index (κ2) is 8.27. The molecule has 4 rings (SSSR count). The van der Waals surface area contributed by atoms with Crippen molar-refractivity contribution >= 4 is 29.9 Å². The van der Waals surface area contributed by atoms with Crippen LogP contribution < -0.4 is 5.32 Å². The average molecular weight is 457 g/mol. The molecule has 1 atom stereocenters. The quantitative estimate of drug-likeness (QED) is 0.406. The molecule has 5 nitrogen and oxygen atoms in total. The van der Waals surface area contributed by atoms with Gasteiger partial charge in [-0.1, -0.05) is 0 Å². The Balaban J connectivity index is 0.00000182. The highest BCUT2D eigenvalue weighted by Gasteiger charge is 2.41. The van der Waals surface area contributed by atoms with Gasteiger partial charge in [-0.25, -0.2) is 0 Å². The Morgan fingerprint density at radius 2 is 2.00 bits per heavy atom. The molecule has 2 heterocycles. The third-order valence-electron chi connectivity index (χ3n) is 6.03. The standard InChI is InChI=1S/C19H31N5.HI/c1-20-19(21-11-18(16-3-4-16)17-5-6-17)24-8-7-14(13-24)9-15-10-22-23(2)12-15;/h10,12,14,16-18H,3-9,11,13H2,1-2H3,(H,20,21);1H. The van der Waals surface area contributed by atoms with E-state index in [9.17, 15) is 0 Å². The van der Waals surface area contributed by atoms with E-state index in [2.05, 4.69) is 26.5 Å². The monoisotopic (exact) mass is 457 g/mol. The Morgan fingerprint density at radius 1 is 1.28 bits per heavy atom. The van der Waals surface area contributed by atoms with Crippen molar-refractivity contribution in [2.45, 2.75) is 38.5 Å². The van der Waals surface area contributed by atoms with Crippen LogP contribution in [0.3, 0.4) is 0 Å². The molecule has 3 fully saturated rings. The maximum atomic E-state index is 4.56. The Bertz CT molecular complexity index is 578. The number of nitrogens with one attached hydrogen (secondary N) is 1. The fourth-order valence-electron chi connectivity index (χ4n) is 4.41. The van der Waals surface area contributed by atoms with E-state index in [-0.39, 0.29) is 24.0 Å². The fraction of sp³-hybridized carbons (Fsp3) is 0.789. The normalized spacial score (nSPS) is 23.9. The van der Waals surface area contributed by atoms with E-state index >= 15 is 0 Å². The Hall–Kier alpha value is -0.790. The molecule has 1 unspecified atom stereocenters. The number of hydrogen-bond donors (Lipinski definition) is 1. The van der Waals surface area contributed by atoms with Gasteiger partial charge in [0.15, 0.2) is 5.96 Å². The minimum Gasteiger partial charge on any atom is -0.356 e. The smallest absolute Gasteiger partial charge is 0.193 e. The molecule has 6 heteroatoms. The summed E-state index contributed by atoms with van der Waals surface area (Å²) in [4.78, 5) is 7.02. The first-order valence-electron chi connectivity index (χ1n) is 9.66. The fourth-order valence-corrected chi connectivity index (χ4v) is 4.41. The highest BCUT2D eigenvalue weighted by Crippen LogP contribution is 2.48. The molecule has 3 aliphatic rings. The van der Waals surface area contributed by atoms with Gasteiger partial charge in [-0.05, 0) is 67.8 Å². The maximum Gasteiger partial charge on any atom is 0.193 e. The molecular weight excluding hydrogens is 425 g/mol. The number of aliphatic imine (C=N–C) groups is 1. The van der Waals surface area contributed by atoms with Gasteiger partial charge in [0.25, 0.3) is 0 Å². The molecule has 1 aliphatic heterocycles. The summed E-state index contributed by atoms with van der Waals surface area (Å²) in [5.41, 5.74) is 1.36. The van der Waals surface area contributed by atoms with Gasteiger partial charge < -0.3 is 10.2 Å². The van der Waals surface area contributed by atoms with Crippen LogP contribution >= 0.6 is 24.0 Å². The maximum absolute atomic E-state index is 4.56. The van der Waals surface area contributed by atoms with Crippen LogP contribution in [0.15, 0.2) is 17.4 Å². The van der Waals surface area contributed by atoms with Crippen LogP contribution in [0.5, 0.6) is 0 Å². The Morgan fingerprint density at radius 3 is 2.56 bits per heavy atom. The van der Waals surface area contributed by atoms with Crippen LogP contribution in [0.1, 0.15) is 37.7 Å². The largest absolute Gasteiger partial charge is 0.356 e. The molecule has 0 aromatic carbocycles. The van der Waals surface area contributed by atoms with Crippen LogP contribution in [0.25, 0.3) is 0 Å². The predicted octanol–water partition coefficient (Wildman–Crippen LogP) is 2.91. The predicted molar refractivity (Wildman–Crippen MR) is 112 cm³/mol. The van der Waals surface area contributed by atoms with E-state index in [1.54, 1.807) is 0 Å². The van der Waals surface area contributed by atoms with Crippen LogP contribution in [0, 0.1) is 23.7 Å². The topological polar surface area (TPSA) is 45.5 Å². The van der Waals surface area contributed by atoms with E-state index < -0.39 is 0 Å². The highest BCUT2D eigenvalue weighted by molar-refractivity contribution is 14.0. The van der Waals surface area contributed by atoms with Crippen molar-refractivity contribution in [2.24, 2.45) is 35.7 Å². The molecule has 1 aromatic heterocycles. The van der Waals surface area contributed by atoms with Crippen LogP contribution in [0.4, 0.5) is 0 Å². The van der Waals surface area contributed by atoms with Crippen molar-refractivity contribution in [3.8, 4) is 0 Å². The summed E-state index contributed by atoms with van der Waals surface area (Å²) in [5.74, 6) is 4.74. The molecule has 140 valence electrons. The summed E-state index contributed by atoms with van der Waals surface area (Å²) in [6, 6.07) is 0. The van der Waals surface area contributed by atoms with E-state index in [1.807, 2.05) is 25.0 Å². The van der Waals surface area contributed by atoms with Gasteiger partial charge in [0.05, 0.1) is 6.20 Å². The molecule has 0 spiro atoms. The summed E-state index contributed by atoms with van der Waals surface area (Å²) in [6.07, 6.45) is 12.4. The molecule has 25 heavy (non-hydrogen) atoms. The molecular formula is C19H32IN5. The highest BCUT2D eigenvalue weighted by atomic mass is 127. The lowest BCUT2D eigenvalue weighted by Gasteiger charge is -2.24. The number of hydrogen-bond acceptors (Lipinski definition) is 2. The number of halogens is 1. The first-order valence-corrected chi connectivity index (χ1v) is 9.66. The van der Waals surface area contributed by atoms with Gasteiger partial charge in [-0.3, -0.25) is 9.67 Å². The Labute approximate surface area is 168 Å². The van der Waals surface area contributed by atoms with Crippen molar-refractivity contribution in [3.05, 3.63) is 18.0 Å². The lowest BCUT2D eigenvalue weighted by molar-refractivity contribution is 0.386. The van der Waals surface area contributed by atoms with Crippen LogP contribution in [-0.2, 0) is 13.5 Å². The van der Waals surface area contributed by atoms with Gasteiger partial charge >= 0.3 is 0 Å². The number of nitrogens with zero attached hydrogens (tertiary/aromatic N) is 4. The third-order valence-corrected chi connectivity index (χ3v) is 6.03. The van der Waals surface area contributed by atoms with Crippen molar-refractivity contribution in [1.82, 2.24) is 20.0 Å². The Kier molecular flexibility index (Phi) is 6.28. The number of rotatable bonds is 6. The molecule has 0 bridgehead atoms. The van der Waals surface area contributed by atoms with Crippen LogP contribution in [-0.4, -0.2) is 47.3 Å². The molecule has 1 saturated heterocycles. The van der Waals surface area contributed by atoms with Gasteiger partial charge in [-0.2, -0.15) is 5.10 Å². The van der Waals surface area contributed by atoms with E-state index in [1.165, 1.54) is 37.7 Å². The number of guanidine groups is 1. The van der Waals surface area contributed by atoms with Crippen molar-refractivity contribution in [3.63, 3.8) is 0 Å². The zero-order chi connectivity index (χ0) is 16.5. The molecule has 0 radical (unpaired) electrons. The zero-order valence-electron chi connectivity index (χ0n) is 15.5. The summed E-state index contributed by atoms with van der Waals surface area (Å²) >= 11 is 0. The number of likely N-dealkylation sites (tertiary alicyclic amines) is 1. The van der Waals surface area contributed by atoms with Gasteiger partial charge in [0.1, 0.15) is 0 Å². The molecule has 1 aromatic rings. The SMILES string of the molecule is CN=C(NCC(C1CC1)C1CC1)N1CCC(Cc2cnn(C)c2)C1.I. The minimum atomic E-state index is 0. The summed E-state index contributed by atoms with van der Waals surface area (Å²) < 4.78 is 1.90. The zero-order valence-corrected chi connectivity index (χ0v) is 17.9. The molecule has 2 saturated carbocycles. The number of aryl methyl sites for hydroxylation is 1. The van der Waals surface area contributed by atoms with Gasteiger partial charge in [0, 0.05) is 39.9 Å². The second-order valence-corrected chi connectivity index (χ2v) is 8.09. The van der Waals surface area contributed by atoms with Crippen molar-refractivity contribution in [1.29, 1.82) is 0 Å². The first kappa shape index (κ1) is 19.0. The second-order valence-electron chi connectivity index (χ2n) is 8.09. The van der Waals surface area contributed by atoms with Crippen molar-refractivity contribution in [2.75, 3.05) is 26.7 Å².